The average Bonchev–Trinajstić information content (AvgIpc) is 3.48. The maximum absolute atomic E-state index is 12.1. The van der Waals surface area contributed by atoms with Gasteiger partial charge in [0.2, 0.25) is 0 Å². The molecule has 2 fully saturated rings. The molecule has 2 aliphatic rings. The minimum Gasteiger partial charge on any atom is -0.463 e. The molecule has 2 N–H and O–H groups in total. The van der Waals surface area contributed by atoms with E-state index in [1.807, 2.05) is 49.4 Å². The largest absolute Gasteiger partial charge is 0.463 e. The van der Waals surface area contributed by atoms with Gasteiger partial charge in [-0.15, -0.1) is 0 Å². The Balaban J connectivity index is 1.50. The molecule has 5 rings (SSSR count). The van der Waals surface area contributed by atoms with Crippen LogP contribution in [-0.4, -0.2) is 45.5 Å². The molecule has 1 aromatic carbocycles. The lowest BCUT2D eigenvalue weighted by atomic mass is 9.93. The Morgan fingerprint density at radius 2 is 2.00 bits per heavy atom. The summed E-state index contributed by atoms with van der Waals surface area (Å²) < 4.78 is 26.4. The molecule has 168 valence electrons. The highest BCUT2D eigenvalue weighted by Gasteiger charge is 2.61. The Kier molecular flexibility index (Phi) is 5.11. The second-order valence-corrected chi connectivity index (χ2v) is 8.61. The normalized spacial score (nSPS) is 29.5. The highest BCUT2D eigenvalue weighted by Crippen LogP contribution is 2.50. The Morgan fingerprint density at radius 1 is 1.22 bits per heavy atom. The first-order valence-electron chi connectivity index (χ1n) is 10.7. The van der Waals surface area contributed by atoms with Crippen molar-refractivity contribution in [3.8, 4) is 0 Å². The van der Waals surface area contributed by atoms with E-state index in [0.29, 0.717) is 11.3 Å². The van der Waals surface area contributed by atoms with Gasteiger partial charge in [-0.05, 0) is 19.1 Å². The zero-order valence-corrected chi connectivity index (χ0v) is 18.2. The van der Waals surface area contributed by atoms with Crippen LogP contribution in [0.5, 0.6) is 0 Å². The molecular weight excluding hydrogens is 412 g/mol. The maximum atomic E-state index is 12.1. The summed E-state index contributed by atoms with van der Waals surface area (Å²) in [7, 11) is 0. The number of fused-ring (bicyclic) bond motifs is 2. The minimum absolute atomic E-state index is 0.0685. The molecule has 0 bridgehead atoms. The molecule has 2 aliphatic heterocycles. The fourth-order valence-electron chi connectivity index (χ4n) is 4.39. The number of hydrogen-bond acceptors (Lipinski definition) is 8. The van der Waals surface area contributed by atoms with E-state index >= 15 is 0 Å². The van der Waals surface area contributed by atoms with Crippen LogP contribution in [-0.2, 0) is 29.3 Å². The third-order valence-corrected chi connectivity index (χ3v) is 6.08. The fourth-order valence-corrected chi connectivity index (χ4v) is 4.39. The second kappa shape index (κ2) is 7.84. The Morgan fingerprint density at radius 3 is 2.75 bits per heavy atom. The van der Waals surface area contributed by atoms with Crippen molar-refractivity contribution in [1.82, 2.24) is 14.6 Å². The number of carbonyl (C=O) groups is 1. The van der Waals surface area contributed by atoms with Gasteiger partial charge in [-0.25, -0.2) is 9.50 Å². The van der Waals surface area contributed by atoms with Crippen LogP contribution in [0.3, 0.4) is 0 Å². The number of anilines is 1. The third kappa shape index (κ3) is 3.33. The first-order chi connectivity index (χ1) is 15.4. The van der Waals surface area contributed by atoms with Crippen molar-refractivity contribution in [2.24, 2.45) is 5.92 Å². The molecule has 0 amide bonds. The lowest BCUT2D eigenvalue weighted by molar-refractivity contribution is -0.181. The number of benzene rings is 1. The van der Waals surface area contributed by atoms with Crippen molar-refractivity contribution in [3.05, 3.63) is 60.0 Å². The van der Waals surface area contributed by atoms with Gasteiger partial charge in [0.05, 0.1) is 11.6 Å². The zero-order valence-electron chi connectivity index (χ0n) is 18.2. The number of carbonyl (C=O) groups excluding carboxylic acids is 1. The zero-order chi connectivity index (χ0) is 22.5. The van der Waals surface area contributed by atoms with E-state index in [1.54, 1.807) is 18.4 Å². The van der Waals surface area contributed by atoms with Crippen LogP contribution < -0.4 is 5.73 Å². The summed E-state index contributed by atoms with van der Waals surface area (Å²) in [5.74, 6) is -0.144. The van der Waals surface area contributed by atoms with Crippen molar-refractivity contribution in [2.75, 3.05) is 12.3 Å². The SMILES string of the molecule is CC(C)C(=O)OC[C@H]1O[C@@](C)(c2ccc3c(N)ncnn23)[C@@H]2OC(c3ccccc3)O[C@@H]21. The highest BCUT2D eigenvalue weighted by atomic mass is 16.8. The number of hydrogen-bond donors (Lipinski definition) is 1. The van der Waals surface area contributed by atoms with E-state index in [-0.39, 0.29) is 18.5 Å². The number of esters is 1. The van der Waals surface area contributed by atoms with Crippen molar-refractivity contribution >= 4 is 17.3 Å². The summed E-state index contributed by atoms with van der Waals surface area (Å²) in [5, 5.41) is 4.37. The van der Waals surface area contributed by atoms with E-state index in [9.17, 15) is 4.79 Å². The molecule has 5 atom stereocenters. The molecule has 0 aliphatic carbocycles. The van der Waals surface area contributed by atoms with Crippen LogP contribution in [0.1, 0.15) is 38.3 Å². The molecular formula is C23H26N4O5. The predicted molar refractivity (Wildman–Crippen MR) is 114 cm³/mol. The number of rotatable bonds is 5. The summed E-state index contributed by atoms with van der Waals surface area (Å²) in [6, 6.07) is 13.5. The van der Waals surface area contributed by atoms with Gasteiger partial charge in [-0.2, -0.15) is 5.10 Å². The van der Waals surface area contributed by atoms with Gasteiger partial charge in [0.25, 0.3) is 0 Å². The molecule has 32 heavy (non-hydrogen) atoms. The van der Waals surface area contributed by atoms with Gasteiger partial charge in [-0.3, -0.25) is 4.79 Å². The van der Waals surface area contributed by atoms with Gasteiger partial charge in [0, 0.05) is 5.56 Å². The number of ether oxygens (including phenoxy) is 4. The van der Waals surface area contributed by atoms with E-state index in [4.69, 9.17) is 24.7 Å². The van der Waals surface area contributed by atoms with Crippen LogP contribution in [0.25, 0.3) is 5.52 Å². The smallest absolute Gasteiger partial charge is 0.308 e. The molecule has 0 saturated carbocycles. The van der Waals surface area contributed by atoms with Crippen LogP contribution in [0.15, 0.2) is 48.8 Å². The molecule has 2 saturated heterocycles. The fraction of sp³-hybridized carbons (Fsp3) is 0.435. The van der Waals surface area contributed by atoms with Crippen LogP contribution in [0, 0.1) is 5.92 Å². The molecule has 9 heteroatoms. The van der Waals surface area contributed by atoms with E-state index in [2.05, 4.69) is 10.1 Å². The van der Waals surface area contributed by atoms with Gasteiger partial charge < -0.3 is 24.7 Å². The summed E-state index contributed by atoms with van der Waals surface area (Å²) in [4.78, 5) is 16.2. The van der Waals surface area contributed by atoms with E-state index < -0.39 is 30.2 Å². The van der Waals surface area contributed by atoms with Crippen molar-refractivity contribution in [1.29, 1.82) is 0 Å². The third-order valence-electron chi connectivity index (χ3n) is 6.08. The van der Waals surface area contributed by atoms with Crippen LogP contribution in [0.4, 0.5) is 5.82 Å². The number of nitrogens with two attached hydrogens (primary N) is 1. The number of nitrogen functional groups attached to an aromatic ring is 1. The maximum Gasteiger partial charge on any atom is 0.308 e. The molecule has 0 spiro atoms. The quantitative estimate of drug-likeness (QED) is 0.606. The first kappa shape index (κ1) is 20.9. The number of aromatic nitrogens is 3. The van der Waals surface area contributed by atoms with Gasteiger partial charge in [-0.1, -0.05) is 44.2 Å². The first-order valence-corrected chi connectivity index (χ1v) is 10.7. The molecule has 1 unspecified atom stereocenters. The monoisotopic (exact) mass is 438 g/mol. The predicted octanol–water partition coefficient (Wildman–Crippen LogP) is 2.61. The number of nitrogens with zero attached hydrogens (tertiary/aromatic N) is 3. The van der Waals surface area contributed by atoms with E-state index in [0.717, 1.165) is 11.3 Å². The lowest BCUT2D eigenvalue weighted by Crippen LogP contribution is -2.38. The highest BCUT2D eigenvalue weighted by molar-refractivity contribution is 5.71. The molecule has 0 radical (unpaired) electrons. The minimum atomic E-state index is -0.920. The van der Waals surface area contributed by atoms with Gasteiger partial charge in [0.15, 0.2) is 12.1 Å². The molecule has 2 aromatic heterocycles. The standard InChI is InChI=1S/C23H26N4O5/c1-13(2)21(28)29-11-16-18-19(31-22(30-18)14-7-5-4-6-8-14)23(3,32-16)17-10-9-15-20(24)25-12-26-27(15)17/h4-10,12-13,16,18-19,22H,11H2,1-3H3,(H2,24,25,26)/t16-,18-,19-,22?,23+/m1/s1. The van der Waals surface area contributed by atoms with E-state index in [1.165, 1.54) is 6.33 Å². The Bertz CT molecular complexity index is 1130. The van der Waals surface area contributed by atoms with Crippen LogP contribution in [0.2, 0.25) is 0 Å². The summed E-state index contributed by atoms with van der Waals surface area (Å²) in [6.07, 6.45) is -0.545. The van der Waals surface area contributed by atoms with Crippen LogP contribution >= 0.6 is 0 Å². The molecule has 3 aromatic rings. The Hall–Kier alpha value is -3.01. The lowest BCUT2D eigenvalue weighted by Gasteiger charge is -2.29. The van der Waals surface area contributed by atoms with Crippen molar-refractivity contribution in [2.45, 2.75) is 51.0 Å². The summed E-state index contributed by atoms with van der Waals surface area (Å²) in [6.45, 7) is 5.59. The molecule has 9 nitrogen and oxygen atoms in total. The summed E-state index contributed by atoms with van der Waals surface area (Å²) in [5.41, 5.74) is 7.45. The van der Waals surface area contributed by atoms with Crippen molar-refractivity contribution < 1.29 is 23.7 Å². The second-order valence-electron chi connectivity index (χ2n) is 8.61. The van der Waals surface area contributed by atoms with Crippen molar-refractivity contribution in [3.63, 3.8) is 0 Å². The average molecular weight is 438 g/mol. The Labute approximate surface area is 185 Å². The molecule has 4 heterocycles. The van der Waals surface area contributed by atoms with Gasteiger partial charge in [0.1, 0.15) is 42.4 Å². The summed E-state index contributed by atoms with van der Waals surface area (Å²) >= 11 is 0. The topological polar surface area (TPSA) is 110 Å². The van der Waals surface area contributed by atoms with Gasteiger partial charge >= 0.3 is 5.97 Å².